The molecule has 1 aromatic rings. The van der Waals surface area contributed by atoms with Crippen molar-refractivity contribution in [1.29, 1.82) is 0 Å². The fraction of sp³-hybridized carbons (Fsp3) is 0.333. The average molecular weight is 312 g/mol. The second kappa shape index (κ2) is 5.24. The van der Waals surface area contributed by atoms with Crippen LogP contribution < -0.4 is 0 Å². The molecule has 2 atom stereocenters. The average Bonchev–Trinajstić information content (AvgIpc) is 2.64. The van der Waals surface area contributed by atoms with E-state index in [4.69, 9.17) is 0 Å². The van der Waals surface area contributed by atoms with Gasteiger partial charge in [-0.05, 0) is 6.92 Å². The van der Waals surface area contributed by atoms with Crippen LogP contribution in [0, 0.1) is 20.2 Å². The molecule has 2 rings (SSSR count). The third-order valence-electron chi connectivity index (χ3n) is 3.43. The Bertz CT molecular complexity index is 725. The SMILES string of the molecule is CC1=C(C(c2ccccc2)[N+](=O)[O-])S(=O)(=O)CC1[N+](=O)[O-]. The van der Waals surface area contributed by atoms with Gasteiger partial charge in [0.1, 0.15) is 10.7 Å². The van der Waals surface area contributed by atoms with E-state index in [0.717, 1.165) is 0 Å². The fourth-order valence-electron chi connectivity index (χ4n) is 2.44. The van der Waals surface area contributed by atoms with Crippen LogP contribution in [0.2, 0.25) is 0 Å². The molecule has 0 fully saturated rings. The van der Waals surface area contributed by atoms with Crippen LogP contribution in [0.15, 0.2) is 40.8 Å². The minimum atomic E-state index is -4.03. The molecule has 0 spiro atoms. The van der Waals surface area contributed by atoms with E-state index in [1.165, 1.54) is 19.1 Å². The van der Waals surface area contributed by atoms with Crippen molar-refractivity contribution in [2.45, 2.75) is 19.0 Å². The molecule has 1 aliphatic rings. The highest BCUT2D eigenvalue weighted by atomic mass is 32.2. The molecule has 0 saturated heterocycles. The molecule has 8 nitrogen and oxygen atoms in total. The third-order valence-corrected chi connectivity index (χ3v) is 5.40. The fourth-order valence-corrected chi connectivity index (χ4v) is 4.60. The Labute approximate surface area is 120 Å². The van der Waals surface area contributed by atoms with E-state index in [-0.39, 0.29) is 11.1 Å². The largest absolute Gasteiger partial charge is 0.273 e. The molecule has 112 valence electrons. The van der Waals surface area contributed by atoms with Crippen LogP contribution in [0.3, 0.4) is 0 Å². The lowest BCUT2D eigenvalue weighted by Crippen LogP contribution is -2.23. The Balaban J connectivity index is 2.64. The summed E-state index contributed by atoms with van der Waals surface area (Å²) in [6.07, 6.45) is 0. The van der Waals surface area contributed by atoms with Gasteiger partial charge in [-0.1, -0.05) is 30.3 Å². The van der Waals surface area contributed by atoms with Crippen molar-refractivity contribution in [3.8, 4) is 0 Å². The summed E-state index contributed by atoms with van der Waals surface area (Å²) in [4.78, 5) is 20.3. The first-order valence-corrected chi connectivity index (χ1v) is 7.66. The van der Waals surface area contributed by atoms with Crippen molar-refractivity contribution in [2.24, 2.45) is 0 Å². The summed E-state index contributed by atoms with van der Waals surface area (Å²) in [6.45, 7) is 1.27. The van der Waals surface area contributed by atoms with Gasteiger partial charge in [0.25, 0.3) is 6.04 Å². The lowest BCUT2D eigenvalue weighted by Gasteiger charge is -2.11. The molecule has 0 radical (unpaired) electrons. The van der Waals surface area contributed by atoms with Crippen LogP contribution >= 0.6 is 0 Å². The van der Waals surface area contributed by atoms with Crippen LogP contribution in [0.5, 0.6) is 0 Å². The van der Waals surface area contributed by atoms with E-state index >= 15 is 0 Å². The summed E-state index contributed by atoms with van der Waals surface area (Å²) >= 11 is 0. The van der Waals surface area contributed by atoms with E-state index in [9.17, 15) is 28.6 Å². The zero-order chi connectivity index (χ0) is 15.8. The van der Waals surface area contributed by atoms with Crippen LogP contribution in [0.4, 0.5) is 0 Å². The number of rotatable bonds is 4. The number of benzene rings is 1. The second-order valence-electron chi connectivity index (χ2n) is 4.73. The Morgan fingerprint density at radius 1 is 1.19 bits per heavy atom. The minimum absolute atomic E-state index is 0.0643. The first-order valence-electron chi connectivity index (χ1n) is 6.01. The highest BCUT2D eigenvalue weighted by Gasteiger charge is 2.49. The van der Waals surface area contributed by atoms with E-state index in [0.29, 0.717) is 0 Å². The van der Waals surface area contributed by atoms with Gasteiger partial charge in [-0.15, -0.1) is 0 Å². The molecule has 1 aromatic carbocycles. The predicted molar refractivity (Wildman–Crippen MR) is 73.4 cm³/mol. The summed E-state index contributed by atoms with van der Waals surface area (Å²) in [5, 5.41) is 22.2. The zero-order valence-electron chi connectivity index (χ0n) is 11.0. The van der Waals surface area contributed by atoms with Gasteiger partial charge in [0, 0.05) is 21.0 Å². The number of nitro groups is 2. The van der Waals surface area contributed by atoms with Gasteiger partial charge >= 0.3 is 0 Å². The van der Waals surface area contributed by atoms with Gasteiger partial charge in [-0.2, -0.15) is 0 Å². The molecule has 0 amide bonds. The summed E-state index contributed by atoms with van der Waals surface area (Å²) in [5.41, 5.74) is 0.120. The van der Waals surface area contributed by atoms with E-state index in [2.05, 4.69) is 0 Å². The van der Waals surface area contributed by atoms with Gasteiger partial charge in [-0.3, -0.25) is 20.2 Å². The van der Waals surface area contributed by atoms with Crippen LogP contribution in [-0.4, -0.2) is 30.1 Å². The highest BCUT2D eigenvalue weighted by Crippen LogP contribution is 2.38. The molecule has 1 heterocycles. The number of hydrogen-bond donors (Lipinski definition) is 0. The monoisotopic (exact) mass is 312 g/mol. The zero-order valence-corrected chi connectivity index (χ0v) is 11.8. The smallest absolute Gasteiger partial charge is 0.264 e. The van der Waals surface area contributed by atoms with Crippen molar-refractivity contribution < 1.29 is 18.3 Å². The van der Waals surface area contributed by atoms with E-state index in [1.54, 1.807) is 18.2 Å². The van der Waals surface area contributed by atoms with Gasteiger partial charge < -0.3 is 0 Å². The Morgan fingerprint density at radius 3 is 2.19 bits per heavy atom. The van der Waals surface area contributed by atoms with E-state index in [1.807, 2.05) is 0 Å². The first kappa shape index (κ1) is 15.1. The lowest BCUT2D eigenvalue weighted by molar-refractivity contribution is -0.518. The topological polar surface area (TPSA) is 120 Å². The quantitative estimate of drug-likeness (QED) is 0.611. The maximum Gasteiger partial charge on any atom is 0.273 e. The number of hydrogen-bond acceptors (Lipinski definition) is 6. The van der Waals surface area contributed by atoms with Crippen molar-refractivity contribution in [3.63, 3.8) is 0 Å². The van der Waals surface area contributed by atoms with Crippen molar-refractivity contribution in [1.82, 2.24) is 0 Å². The maximum atomic E-state index is 12.1. The normalized spacial score (nSPS) is 22.0. The van der Waals surface area contributed by atoms with Crippen molar-refractivity contribution in [2.75, 3.05) is 5.75 Å². The maximum absolute atomic E-state index is 12.1. The minimum Gasteiger partial charge on any atom is -0.264 e. The molecule has 1 aliphatic heterocycles. The molecule has 0 aliphatic carbocycles. The van der Waals surface area contributed by atoms with Gasteiger partial charge in [-0.25, -0.2) is 8.42 Å². The first-order chi connectivity index (χ1) is 9.75. The second-order valence-corrected chi connectivity index (χ2v) is 6.73. The van der Waals surface area contributed by atoms with Crippen molar-refractivity contribution in [3.05, 3.63) is 66.6 Å². The summed E-state index contributed by atoms with van der Waals surface area (Å²) < 4.78 is 24.3. The number of sulfone groups is 1. The third kappa shape index (κ3) is 2.64. The summed E-state index contributed by atoms with van der Waals surface area (Å²) in [6, 6.07) is 4.58. The molecule has 21 heavy (non-hydrogen) atoms. The predicted octanol–water partition coefficient (Wildman–Crippen LogP) is 1.35. The molecule has 0 aromatic heterocycles. The van der Waals surface area contributed by atoms with Crippen LogP contribution in [0.1, 0.15) is 18.5 Å². The van der Waals surface area contributed by atoms with Gasteiger partial charge in [0.2, 0.25) is 6.04 Å². The number of nitrogens with zero attached hydrogens (tertiary/aromatic N) is 2. The van der Waals surface area contributed by atoms with Gasteiger partial charge in [0.15, 0.2) is 9.84 Å². The molecular formula is C12H12N2O6S. The molecule has 0 saturated carbocycles. The highest BCUT2D eigenvalue weighted by molar-refractivity contribution is 7.95. The van der Waals surface area contributed by atoms with Crippen molar-refractivity contribution >= 4 is 9.84 Å². The standard InChI is InChI=1S/C12H12N2O6S/c1-8-10(13(15)16)7-21(19,20)12(8)11(14(17)18)9-5-3-2-4-6-9/h2-6,10-11H,7H2,1H3. The van der Waals surface area contributed by atoms with Gasteiger partial charge in [0.05, 0.1) is 0 Å². The Hall–Kier alpha value is -2.29. The molecule has 0 N–H and O–H groups in total. The van der Waals surface area contributed by atoms with E-state index < -0.39 is 42.4 Å². The lowest BCUT2D eigenvalue weighted by atomic mass is 10.0. The van der Waals surface area contributed by atoms with Crippen LogP contribution in [0.25, 0.3) is 0 Å². The summed E-state index contributed by atoms with van der Waals surface area (Å²) in [7, 11) is -4.03. The molecule has 9 heteroatoms. The van der Waals surface area contributed by atoms with Crippen LogP contribution in [-0.2, 0) is 9.84 Å². The molecular weight excluding hydrogens is 300 g/mol. The summed E-state index contributed by atoms with van der Waals surface area (Å²) in [5.74, 6) is -0.724. The molecule has 2 unspecified atom stereocenters. The molecule has 0 bridgehead atoms. The Morgan fingerprint density at radius 2 is 1.76 bits per heavy atom. The Kier molecular flexibility index (Phi) is 3.77.